The van der Waals surface area contributed by atoms with Gasteiger partial charge in [0.15, 0.2) is 5.78 Å². The standard InChI is InChI=1S/C12H22O2/c1-2-3-4-5-6-8-11(13)12-9-7-10-14-12/h12H,2-10H2,1H3. The molecule has 1 aliphatic heterocycles. The van der Waals surface area contributed by atoms with Crippen LogP contribution in [0.3, 0.4) is 0 Å². The number of hydrogen-bond acceptors (Lipinski definition) is 2. The maximum Gasteiger partial charge on any atom is 0.161 e. The molecule has 0 bridgehead atoms. The minimum atomic E-state index is -0.0545. The molecule has 2 heteroatoms. The molecule has 1 rings (SSSR count). The van der Waals surface area contributed by atoms with E-state index in [-0.39, 0.29) is 6.10 Å². The third-order valence-corrected chi connectivity index (χ3v) is 2.82. The number of hydrogen-bond donors (Lipinski definition) is 0. The molecule has 0 radical (unpaired) electrons. The molecular formula is C12H22O2. The Bertz CT molecular complexity index is 160. The Morgan fingerprint density at radius 1 is 1.29 bits per heavy atom. The number of ether oxygens (including phenoxy) is 1. The average Bonchev–Trinajstić information content (AvgIpc) is 2.70. The average molecular weight is 198 g/mol. The van der Waals surface area contributed by atoms with Crippen LogP contribution in [0.15, 0.2) is 0 Å². The summed E-state index contributed by atoms with van der Waals surface area (Å²) in [7, 11) is 0. The van der Waals surface area contributed by atoms with E-state index in [1.807, 2.05) is 0 Å². The van der Waals surface area contributed by atoms with Gasteiger partial charge in [0, 0.05) is 13.0 Å². The second-order valence-corrected chi connectivity index (χ2v) is 4.13. The third kappa shape index (κ3) is 4.23. The summed E-state index contributed by atoms with van der Waals surface area (Å²) in [5.41, 5.74) is 0. The van der Waals surface area contributed by atoms with Crippen LogP contribution in [0, 0.1) is 0 Å². The summed E-state index contributed by atoms with van der Waals surface area (Å²) < 4.78 is 5.34. The molecule has 82 valence electrons. The van der Waals surface area contributed by atoms with Gasteiger partial charge in [-0.3, -0.25) is 4.79 Å². The van der Waals surface area contributed by atoms with Gasteiger partial charge in [-0.05, 0) is 19.3 Å². The SMILES string of the molecule is CCCCCCCC(=O)C1CCCO1. The highest BCUT2D eigenvalue weighted by atomic mass is 16.5. The first-order valence-corrected chi connectivity index (χ1v) is 5.99. The summed E-state index contributed by atoms with van der Waals surface area (Å²) in [6.07, 6.45) is 8.78. The molecule has 0 amide bonds. The normalized spacial score (nSPS) is 21.4. The summed E-state index contributed by atoms with van der Waals surface area (Å²) in [5, 5.41) is 0. The Hall–Kier alpha value is -0.370. The molecule has 14 heavy (non-hydrogen) atoms. The van der Waals surface area contributed by atoms with E-state index in [4.69, 9.17) is 4.74 Å². The van der Waals surface area contributed by atoms with Crippen molar-refractivity contribution in [2.24, 2.45) is 0 Å². The van der Waals surface area contributed by atoms with Crippen LogP contribution in [0.1, 0.15) is 58.3 Å². The van der Waals surface area contributed by atoms with E-state index in [2.05, 4.69) is 6.92 Å². The summed E-state index contributed by atoms with van der Waals surface area (Å²) in [6.45, 7) is 2.99. The van der Waals surface area contributed by atoms with Crippen molar-refractivity contribution in [3.8, 4) is 0 Å². The number of carbonyl (C=O) groups excluding carboxylic acids is 1. The summed E-state index contributed by atoms with van der Waals surface area (Å²) in [4.78, 5) is 11.6. The summed E-state index contributed by atoms with van der Waals surface area (Å²) in [5.74, 6) is 0.332. The van der Waals surface area contributed by atoms with Gasteiger partial charge in [-0.2, -0.15) is 0 Å². The molecule has 0 aromatic carbocycles. The zero-order valence-electron chi connectivity index (χ0n) is 9.26. The van der Waals surface area contributed by atoms with Crippen molar-refractivity contribution < 1.29 is 9.53 Å². The molecule has 0 aliphatic carbocycles. The number of carbonyl (C=O) groups is 1. The quantitative estimate of drug-likeness (QED) is 0.588. The minimum absolute atomic E-state index is 0.0545. The van der Waals surface area contributed by atoms with Crippen molar-refractivity contribution in [1.29, 1.82) is 0 Å². The van der Waals surface area contributed by atoms with Gasteiger partial charge in [-0.1, -0.05) is 32.6 Å². The predicted molar refractivity (Wildman–Crippen MR) is 57.4 cm³/mol. The first-order chi connectivity index (χ1) is 6.84. The fraction of sp³-hybridized carbons (Fsp3) is 0.917. The fourth-order valence-corrected chi connectivity index (χ4v) is 1.90. The van der Waals surface area contributed by atoms with Gasteiger partial charge in [0.1, 0.15) is 6.10 Å². The zero-order valence-corrected chi connectivity index (χ0v) is 9.26. The molecule has 0 aromatic rings. The number of Topliss-reactive ketones (excluding diaryl/α,β-unsaturated/α-hetero) is 1. The van der Waals surface area contributed by atoms with Gasteiger partial charge >= 0.3 is 0 Å². The zero-order chi connectivity index (χ0) is 10.2. The molecule has 1 unspecified atom stereocenters. The molecule has 0 spiro atoms. The van der Waals surface area contributed by atoms with Gasteiger partial charge < -0.3 is 4.74 Å². The van der Waals surface area contributed by atoms with Crippen LogP contribution in [-0.4, -0.2) is 18.5 Å². The van der Waals surface area contributed by atoms with Crippen molar-refractivity contribution in [1.82, 2.24) is 0 Å². The lowest BCUT2D eigenvalue weighted by Gasteiger charge is -2.07. The van der Waals surface area contributed by atoms with Crippen LogP contribution in [-0.2, 0) is 9.53 Å². The monoisotopic (exact) mass is 198 g/mol. The van der Waals surface area contributed by atoms with Crippen molar-refractivity contribution in [2.75, 3.05) is 6.61 Å². The maximum atomic E-state index is 11.6. The highest BCUT2D eigenvalue weighted by Gasteiger charge is 2.22. The number of rotatable bonds is 7. The third-order valence-electron chi connectivity index (χ3n) is 2.82. The summed E-state index contributed by atoms with van der Waals surface area (Å²) in [6, 6.07) is 0. The first kappa shape index (κ1) is 11.7. The Labute approximate surface area is 87.0 Å². The second kappa shape index (κ2) is 6.99. The Balaban J connectivity index is 1.97. The predicted octanol–water partition coefficient (Wildman–Crippen LogP) is 3.10. The van der Waals surface area contributed by atoms with Crippen molar-refractivity contribution in [3.05, 3.63) is 0 Å². The van der Waals surface area contributed by atoms with Crippen LogP contribution in [0.2, 0.25) is 0 Å². The minimum Gasteiger partial charge on any atom is -0.370 e. The first-order valence-electron chi connectivity index (χ1n) is 5.99. The van der Waals surface area contributed by atoms with E-state index >= 15 is 0 Å². The smallest absolute Gasteiger partial charge is 0.161 e. The van der Waals surface area contributed by atoms with E-state index in [9.17, 15) is 4.79 Å². The largest absolute Gasteiger partial charge is 0.370 e. The second-order valence-electron chi connectivity index (χ2n) is 4.13. The summed E-state index contributed by atoms with van der Waals surface area (Å²) >= 11 is 0. The topological polar surface area (TPSA) is 26.3 Å². The van der Waals surface area contributed by atoms with Gasteiger partial charge in [-0.15, -0.1) is 0 Å². The van der Waals surface area contributed by atoms with E-state index in [0.29, 0.717) is 5.78 Å². The molecule has 1 atom stereocenters. The van der Waals surface area contributed by atoms with Crippen LogP contribution < -0.4 is 0 Å². The Morgan fingerprint density at radius 3 is 2.71 bits per heavy atom. The lowest BCUT2D eigenvalue weighted by Crippen LogP contribution is -2.18. The number of unbranched alkanes of at least 4 members (excludes halogenated alkanes) is 4. The van der Waals surface area contributed by atoms with Crippen LogP contribution in [0.5, 0.6) is 0 Å². The molecule has 1 heterocycles. The van der Waals surface area contributed by atoms with E-state index in [1.54, 1.807) is 0 Å². The molecule has 1 aliphatic rings. The van der Waals surface area contributed by atoms with Crippen LogP contribution in [0.25, 0.3) is 0 Å². The van der Waals surface area contributed by atoms with E-state index < -0.39 is 0 Å². The van der Waals surface area contributed by atoms with E-state index in [0.717, 1.165) is 32.3 Å². The molecule has 0 N–H and O–H groups in total. The lowest BCUT2D eigenvalue weighted by atomic mass is 10.0. The molecule has 2 nitrogen and oxygen atoms in total. The molecular weight excluding hydrogens is 176 g/mol. The van der Waals surface area contributed by atoms with Crippen molar-refractivity contribution in [2.45, 2.75) is 64.4 Å². The van der Waals surface area contributed by atoms with Gasteiger partial charge in [-0.25, -0.2) is 0 Å². The lowest BCUT2D eigenvalue weighted by molar-refractivity contribution is -0.127. The maximum absolute atomic E-state index is 11.6. The van der Waals surface area contributed by atoms with Crippen LogP contribution >= 0.6 is 0 Å². The Kier molecular flexibility index (Phi) is 5.85. The number of ketones is 1. The highest BCUT2D eigenvalue weighted by molar-refractivity contribution is 5.83. The Morgan fingerprint density at radius 2 is 2.07 bits per heavy atom. The molecule has 0 saturated carbocycles. The molecule has 1 saturated heterocycles. The van der Waals surface area contributed by atoms with Crippen molar-refractivity contribution in [3.63, 3.8) is 0 Å². The van der Waals surface area contributed by atoms with Gasteiger partial charge in [0.2, 0.25) is 0 Å². The highest BCUT2D eigenvalue weighted by Crippen LogP contribution is 2.16. The van der Waals surface area contributed by atoms with E-state index in [1.165, 1.54) is 25.7 Å². The molecule has 1 fully saturated rings. The molecule has 0 aromatic heterocycles. The van der Waals surface area contributed by atoms with Crippen LogP contribution in [0.4, 0.5) is 0 Å². The fourth-order valence-electron chi connectivity index (χ4n) is 1.90. The van der Waals surface area contributed by atoms with Gasteiger partial charge in [0.25, 0.3) is 0 Å². The van der Waals surface area contributed by atoms with Crippen molar-refractivity contribution >= 4 is 5.78 Å². The van der Waals surface area contributed by atoms with Gasteiger partial charge in [0.05, 0.1) is 0 Å².